The first kappa shape index (κ1) is 21.3. The van der Waals surface area contributed by atoms with Crippen molar-refractivity contribution in [2.45, 2.75) is 26.7 Å². The zero-order valence-corrected chi connectivity index (χ0v) is 17.4. The van der Waals surface area contributed by atoms with E-state index in [0.29, 0.717) is 24.3 Å². The molecule has 0 N–H and O–H groups in total. The molecule has 3 rings (SSSR count). The van der Waals surface area contributed by atoms with Crippen molar-refractivity contribution >= 4 is 11.9 Å². The molecule has 3 aromatic carbocycles. The van der Waals surface area contributed by atoms with Crippen LogP contribution in [0.3, 0.4) is 0 Å². The van der Waals surface area contributed by atoms with Crippen LogP contribution in [0.25, 0.3) is 22.3 Å². The Bertz CT molecular complexity index is 940. The van der Waals surface area contributed by atoms with E-state index >= 15 is 0 Å². The Labute approximate surface area is 177 Å². The van der Waals surface area contributed by atoms with Gasteiger partial charge in [-0.2, -0.15) is 0 Å². The molecular formula is C26H26O4. The third-order valence-electron chi connectivity index (χ3n) is 4.68. The Hall–Kier alpha value is -3.40. The molecule has 3 aromatic rings. The first-order chi connectivity index (χ1) is 14.7. The first-order valence-electron chi connectivity index (χ1n) is 10.3. The molecule has 0 fully saturated rings. The van der Waals surface area contributed by atoms with Crippen molar-refractivity contribution in [2.24, 2.45) is 0 Å². The zero-order chi connectivity index (χ0) is 21.3. The summed E-state index contributed by atoms with van der Waals surface area (Å²) in [6, 6.07) is 22.5. The molecule has 0 radical (unpaired) electrons. The van der Waals surface area contributed by atoms with Crippen molar-refractivity contribution < 1.29 is 19.1 Å². The molecule has 0 aliphatic heterocycles. The molecule has 0 aliphatic carbocycles. The van der Waals surface area contributed by atoms with E-state index in [1.165, 1.54) is 0 Å². The normalized spacial score (nSPS) is 10.5. The van der Waals surface area contributed by atoms with Crippen LogP contribution in [0.5, 0.6) is 0 Å². The highest BCUT2D eigenvalue weighted by atomic mass is 16.5. The molecule has 4 heteroatoms. The van der Waals surface area contributed by atoms with Gasteiger partial charge in [-0.3, -0.25) is 0 Å². The highest BCUT2D eigenvalue weighted by Gasteiger charge is 2.19. The van der Waals surface area contributed by atoms with Gasteiger partial charge in [0.1, 0.15) is 0 Å². The van der Waals surface area contributed by atoms with Crippen LogP contribution in [0, 0.1) is 0 Å². The average molecular weight is 402 g/mol. The number of carbonyl (C=O) groups is 2. The predicted molar refractivity (Wildman–Crippen MR) is 118 cm³/mol. The highest BCUT2D eigenvalue weighted by Crippen LogP contribution is 2.36. The van der Waals surface area contributed by atoms with Crippen LogP contribution < -0.4 is 0 Å². The lowest BCUT2D eigenvalue weighted by atomic mass is 9.90. The van der Waals surface area contributed by atoms with Crippen LogP contribution in [0.2, 0.25) is 0 Å². The minimum absolute atomic E-state index is 0.349. The van der Waals surface area contributed by atoms with Crippen molar-refractivity contribution in [2.75, 3.05) is 13.2 Å². The lowest BCUT2D eigenvalue weighted by Gasteiger charge is -2.16. The molecule has 0 aliphatic rings. The molecule has 0 unspecified atom stereocenters. The third-order valence-corrected chi connectivity index (χ3v) is 4.68. The van der Waals surface area contributed by atoms with E-state index in [-0.39, 0.29) is 11.9 Å². The van der Waals surface area contributed by atoms with Gasteiger partial charge in [-0.05, 0) is 47.2 Å². The van der Waals surface area contributed by atoms with Crippen molar-refractivity contribution in [1.82, 2.24) is 0 Å². The molecule has 154 valence electrons. The maximum atomic E-state index is 12.6. The van der Waals surface area contributed by atoms with Gasteiger partial charge in [0.15, 0.2) is 0 Å². The van der Waals surface area contributed by atoms with Crippen LogP contribution in [-0.4, -0.2) is 25.2 Å². The maximum absolute atomic E-state index is 12.6. The standard InChI is InChI=1S/C26H26O4/c1-3-17-29-25(27)23-15-9-7-13-21(23)19-11-5-6-12-20(19)22-14-8-10-16-24(22)26(28)30-18-4-2/h5-16H,3-4,17-18H2,1-2H3. The Morgan fingerprint density at radius 3 is 1.27 bits per heavy atom. The summed E-state index contributed by atoms with van der Waals surface area (Å²) in [5, 5.41) is 0. The van der Waals surface area contributed by atoms with E-state index in [9.17, 15) is 9.59 Å². The summed E-state index contributed by atoms with van der Waals surface area (Å²) in [5.41, 5.74) is 4.26. The molecule has 4 nitrogen and oxygen atoms in total. The van der Waals surface area contributed by atoms with Gasteiger partial charge in [-0.1, -0.05) is 74.5 Å². The summed E-state index contributed by atoms with van der Waals surface area (Å²) < 4.78 is 10.8. The van der Waals surface area contributed by atoms with Gasteiger partial charge in [0.2, 0.25) is 0 Å². The summed E-state index contributed by atoms with van der Waals surface area (Å²) in [6.07, 6.45) is 1.52. The van der Waals surface area contributed by atoms with Gasteiger partial charge in [-0.15, -0.1) is 0 Å². The second-order valence-corrected chi connectivity index (χ2v) is 6.91. The van der Waals surface area contributed by atoms with E-state index in [1.54, 1.807) is 12.1 Å². The molecular weight excluding hydrogens is 376 g/mol. The van der Waals surface area contributed by atoms with Gasteiger partial charge in [0.25, 0.3) is 0 Å². The Kier molecular flexibility index (Phi) is 7.39. The van der Waals surface area contributed by atoms with E-state index in [4.69, 9.17) is 9.47 Å². The van der Waals surface area contributed by atoms with Crippen molar-refractivity contribution in [3.8, 4) is 22.3 Å². The Morgan fingerprint density at radius 2 is 0.900 bits per heavy atom. The fraction of sp³-hybridized carbons (Fsp3) is 0.231. The lowest BCUT2D eigenvalue weighted by molar-refractivity contribution is 0.0496. The summed E-state index contributed by atoms with van der Waals surface area (Å²) in [6.45, 7) is 4.67. The number of rotatable bonds is 8. The van der Waals surface area contributed by atoms with Gasteiger partial charge in [-0.25, -0.2) is 9.59 Å². The SMILES string of the molecule is CCCOC(=O)c1ccccc1-c1ccccc1-c1ccccc1C(=O)OCCC. The van der Waals surface area contributed by atoms with Crippen LogP contribution in [0.15, 0.2) is 72.8 Å². The Balaban J connectivity index is 2.11. The number of hydrogen-bond acceptors (Lipinski definition) is 4. The smallest absolute Gasteiger partial charge is 0.338 e. The second-order valence-electron chi connectivity index (χ2n) is 6.91. The molecule has 0 heterocycles. The van der Waals surface area contributed by atoms with Crippen molar-refractivity contribution in [3.05, 3.63) is 83.9 Å². The molecule has 0 amide bonds. The largest absolute Gasteiger partial charge is 0.462 e. The number of benzene rings is 3. The monoisotopic (exact) mass is 402 g/mol. The van der Waals surface area contributed by atoms with Crippen LogP contribution >= 0.6 is 0 Å². The maximum Gasteiger partial charge on any atom is 0.338 e. The van der Waals surface area contributed by atoms with Crippen LogP contribution in [-0.2, 0) is 9.47 Å². The molecule has 0 spiro atoms. The predicted octanol–water partition coefficient (Wildman–Crippen LogP) is 6.15. The fourth-order valence-electron chi connectivity index (χ4n) is 3.29. The topological polar surface area (TPSA) is 52.6 Å². The van der Waals surface area contributed by atoms with Gasteiger partial charge < -0.3 is 9.47 Å². The summed E-state index contributed by atoms with van der Waals surface area (Å²) >= 11 is 0. The minimum atomic E-state index is -0.349. The van der Waals surface area contributed by atoms with E-state index < -0.39 is 0 Å². The highest BCUT2D eigenvalue weighted by molar-refractivity contribution is 6.03. The molecule has 0 aromatic heterocycles. The fourth-order valence-corrected chi connectivity index (χ4v) is 3.29. The van der Waals surface area contributed by atoms with Gasteiger partial charge in [0.05, 0.1) is 24.3 Å². The molecule has 0 saturated heterocycles. The summed E-state index contributed by atoms with van der Waals surface area (Å²) in [7, 11) is 0. The zero-order valence-electron chi connectivity index (χ0n) is 17.4. The lowest BCUT2D eigenvalue weighted by Crippen LogP contribution is -2.09. The Morgan fingerprint density at radius 1 is 0.567 bits per heavy atom. The molecule has 0 saturated carbocycles. The van der Waals surface area contributed by atoms with Crippen LogP contribution in [0.1, 0.15) is 47.4 Å². The van der Waals surface area contributed by atoms with Crippen molar-refractivity contribution in [3.63, 3.8) is 0 Å². The number of hydrogen-bond donors (Lipinski definition) is 0. The third kappa shape index (κ3) is 4.77. The molecule has 0 bridgehead atoms. The first-order valence-corrected chi connectivity index (χ1v) is 10.3. The quantitative estimate of drug-likeness (QED) is 0.424. The van der Waals surface area contributed by atoms with Gasteiger partial charge >= 0.3 is 11.9 Å². The summed E-state index contributed by atoms with van der Waals surface area (Å²) in [4.78, 5) is 25.3. The minimum Gasteiger partial charge on any atom is -0.462 e. The number of esters is 2. The van der Waals surface area contributed by atoms with Crippen molar-refractivity contribution in [1.29, 1.82) is 0 Å². The summed E-state index contributed by atoms with van der Waals surface area (Å²) in [5.74, 6) is -0.698. The van der Waals surface area contributed by atoms with Gasteiger partial charge in [0, 0.05) is 0 Å². The second kappa shape index (κ2) is 10.4. The van der Waals surface area contributed by atoms with E-state index in [2.05, 4.69) is 0 Å². The number of ether oxygens (including phenoxy) is 2. The van der Waals surface area contributed by atoms with E-state index in [1.807, 2.05) is 74.5 Å². The van der Waals surface area contributed by atoms with Crippen LogP contribution in [0.4, 0.5) is 0 Å². The number of carbonyl (C=O) groups excluding carboxylic acids is 2. The molecule has 0 atom stereocenters. The average Bonchev–Trinajstić information content (AvgIpc) is 2.81. The molecule has 30 heavy (non-hydrogen) atoms. The van der Waals surface area contributed by atoms with E-state index in [0.717, 1.165) is 35.1 Å².